The summed E-state index contributed by atoms with van der Waals surface area (Å²) in [7, 11) is 3.31. The molecule has 5 nitrogen and oxygen atoms in total. The number of halogens is 1. The van der Waals surface area contributed by atoms with Gasteiger partial charge in [-0.3, -0.25) is 9.69 Å². The van der Waals surface area contributed by atoms with Gasteiger partial charge >= 0.3 is 0 Å². The number of hydrogen-bond donors (Lipinski definition) is 1. The Morgan fingerprint density at radius 1 is 1.09 bits per heavy atom. The molecule has 34 heavy (non-hydrogen) atoms. The van der Waals surface area contributed by atoms with E-state index in [0.717, 1.165) is 30.8 Å². The van der Waals surface area contributed by atoms with Crippen LogP contribution >= 0.6 is 11.6 Å². The van der Waals surface area contributed by atoms with Crippen molar-refractivity contribution in [3.8, 4) is 11.5 Å². The Labute approximate surface area is 206 Å². The maximum absolute atomic E-state index is 13.0. The van der Waals surface area contributed by atoms with Gasteiger partial charge in [-0.1, -0.05) is 41.4 Å². The molecule has 0 aliphatic carbocycles. The van der Waals surface area contributed by atoms with Crippen LogP contribution < -0.4 is 14.8 Å². The number of nitrogens with one attached hydrogen (secondary N) is 1. The van der Waals surface area contributed by atoms with Gasteiger partial charge in [0.25, 0.3) is 5.91 Å². The topological polar surface area (TPSA) is 50.8 Å². The first kappa shape index (κ1) is 24.1. The average molecular weight is 479 g/mol. The highest BCUT2D eigenvalue weighted by Crippen LogP contribution is 2.40. The van der Waals surface area contributed by atoms with Crippen molar-refractivity contribution in [3.63, 3.8) is 0 Å². The average Bonchev–Trinajstić information content (AvgIpc) is 2.83. The third-order valence-corrected chi connectivity index (χ3v) is 6.68. The summed E-state index contributed by atoms with van der Waals surface area (Å²) in [5, 5.41) is 3.83. The van der Waals surface area contributed by atoms with Crippen LogP contribution in [0.1, 0.15) is 45.6 Å². The van der Waals surface area contributed by atoms with E-state index in [0.29, 0.717) is 16.3 Å². The summed E-state index contributed by atoms with van der Waals surface area (Å²) in [4.78, 5) is 15.5. The van der Waals surface area contributed by atoms with E-state index in [4.69, 9.17) is 21.1 Å². The van der Waals surface area contributed by atoms with E-state index >= 15 is 0 Å². The minimum Gasteiger partial charge on any atom is -0.493 e. The second kappa shape index (κ2) is 10.5. The number of fused-ring (bicyclic) bond motifs is 1. The molecule has 0 aromatic heterocycles. The van der Waals surface area contributed by atoms with Crippen molar-refractivity contribution in [2.75, 3.05) is 20.8 Å². The molecular weight excluding hydrogens is 448 g/mol. The molecule has 0 radical (unpaired) electrons. The highest BCUT2D eigenvalue weighted by Gasteiger charge is 2.34. The summed E-state index contributed by atoms with van der Waals surface area (Å²) < 4.78 is 11.2. The van der Waals surface area contributed by atoms with Crippen LogP contribution in [0.25, 0.3) is 0 Å². The molecule has 1 amide bonds. The molecule has 0 bridgehead atoms. The van der Waals surface area contributed by atoms with Crippen LogP contribution in [-0.4, -0.2) is 37.6 Å². The van der Waals surface area contributed by atoms with Gasteiger partial charge in [0.05, 0.1) is 20.3 Å². The first-order valence-electron chi connectivity index (χ1n) is 11.5. The number of nitrogens with zero attached hydrogens (tertiary/aromatic N) is 1. The predicted octanol–water partition coefficient (Wildman–Crippen LogP) is 5.58. The molecule has 3 aromatic rings. The van der Waals surface area contributed by atoms with Gasteiger partial charge in [-0.25, -0.2) is 0 Å². The second-order valence-corrected chi connectivity index (χ2v) is 9.27. The number of methoxy groups -OCH3 is 2. The smallest absolute Gasteiger partial charge is 0.251 e. The van der Waals surface area contributed by atoms with E-state index in [1.807, 2.05) is 0 Å². The maximum atomic E-state index is 13.0. The standard InChI is InChI=1S/C28H31ClN2O3/c1-18-6-5-7-20(14-18)17-31-13-12-22-15-25(33-3)26(34-4)16-24(22)27(31)19(2)30-28(32)21-8-10-23(29)11-9-21/h5-11,14-16,19,27H,12-13,17H2,1-4H3,(H,30,32). The summed E-state index contributed by atoms with van der Waals surface area (Å²) in [6, 6.07) is 19.5. The van der Waals surface area contributed by atoms with Crippen molar-refractivity contribution in [3.05, 3.63) is 93.5 Å². The Hall–Kier alpha value is -3.02. The molecule has 178 valence electrons. The van der Waals surface area contributed by atoms with Crippen molar-refractivity contribution in [2.24, 2.45) is 0 Å². The van der Waals surface area contributed by atoms with Gasteiger partial charge in [0.15, 0.2) is 11.5 Å². The molecule has 0 saturated heterocycles. The fraction of sp³-hybridized carbons (Fsp3) is 0.321. The Balaban J connectivity index is 1.68. The highest BCUT2D eigenvalue weighted by atomic mass is 35.5. The van der Waals surface area contributed by atoms with Crippen molar-refractivity contribution < 1.29 is 14.3 Å². The van der Waals surface area contributed by atoms with Gasteiger partial charge in [-0.2, -0.15) is 0 Å². The van der Waals surface area contributed by atoms with E-state index in [2.05, 4.69) is 60.5 Å². The van der Waals surface area contributed by atoms with E-state index in [1.165, 1.54) is 16.7 Å². The molecule has 1 heterocycles. The van der Waals surface area contributed by atoms with E-state index in [-0.39, 0.29) is 18.0 Å². The summed E-state index contributed by atoms with van der Waals surface area (Å²) in [5.74, 6) is 1.30. The van der Waals surface area contributed by atoms with Gasteiger partial charge in [0.1, 0.15) is 0 Å². The van der Waals surface area contributed by atoms with Crippen LogP contribution in [0.15, 0.2) is 60.7 Å². The van der Waals surface area contributed by atoms with Gasteiger partial charge in [0.2, 0.25) is 0 Å². The number of carbonyl (C=O) groups is 1. The van der Waals surface area contributed by atoms with E-state index in [1.54, 1.807) is 38.5 Å². The van der Waals surface area contributed by atoms with Gasteiger partial charge in [-0.15, -0.1) is 0 Å². The van der Waals surface area contributed by atoms with Crippen LogP contribution in [0.4, 0.5) is 0 Å². The first-order valence-corrected chi connectivity index (χ1v) is 11.9. The zero-order chi connectivity index (χ0) is 24.2. The monoisotopic (exact) mass is 478 g/mol. The van der Waals surface area contributed by atoms with E-state index < -0.39 is 0 Å². The molecule has 1 aliphatic rings. The summed E-state index contributed by atoms with van der Waals surface area (Å²) in [5.41, 5.74) is 5.45. The number of hydrogen-bond acceptors (Lipinski definition) is 4. The van der Waals surface area contributed by atoms with Crippen LogP contribution in [0.3, 0.4) is 0 Å². The number of carbonyl (C=O) groups excluding carboxylic acids is 1. The molecule has 6 heteroatoms. The van der Waals surface area contributed by atoms with Gasteiger partial charge in [0, 0.05) is 29.7 Å². The third kappa shape index (κ3) is 5.21. The Bertz CT molecular complexity index is 1160. The number of aryl methyl sites for hydroxylation is 1. The lowest BCUT2D eigenvalue weighted by molar-refractivity contribution is 0.0877. The molecule has 1 aliphatic heterocycles. The van der Waals surface area contributed by atoms with Gasteiger partial charge < -0.3 is 14.8 Å². The second-order valence-electron chi connectivity index (χ2n) is 8.83. The Kier molecular flexibility index (Phi) is 7.44. The molecule has 2 unspecified atom stereocenters. The number of benzene rings is 3. The maximum Gasteiger partial charge on any atom is 0.251 e. The molecule has 0 saturated carbocycles. The SMILES string of the molecule is COc1cc2c(cc1OC)C(C(C)NC(=O)c1ccc(Cl)cc1)N(Cc1cccc(C)c1)CC2. The minimum absolute atomic E-state index is 0.0275. The molecule has 0 spiro atoms. The summed E-state index contributed by atoms with van der Waals surface area (Å²) in [6.07, 6.45) is 0.899. The zero-order valence-corrected chi connectivity index (χ0v) is 20.9. The molecule has 1 N–H and O–H groups in total. The first-order chi connectivity index (χ1) is 16.4. The Morgan fingerprint density at radius 3 is 2.47 bits per heavy atom. The van der Waals surface area contributed by atoms with Crippen molar-refractivity contribution >= 4 is 17.5 Å². The lowest BCUT2D eigenvalue weighted by Crippen LogP contribution is -2.47. The van der Waals surface area contributed by atoms with Crippen LogP contribution in [0, 0.1) is 6.92 Å². The molecule has 2 atom stereocenters. The minimum atomic E-state index is -0.148. The largest absolute Gasteiger partial charge is 0.493 e. The zero-order valence-electron chi connectivity index (χ0n) is 20.1. The quantitative estimate of drug-likeness (QED) is 0.481. The molecular formula is C28H31ClN2O3. The summed E-state index contributed by atoms with van der Waals surface area (Å²) in [6.45, 7) is 5.84. The fourth-order valence-corrected chi connectivity index (χ4v) is 4.93. The number of rotatable bonds is 7. The fourth-order valence-electron chi connectivity index (χ4n) is 4.81. The number of ether oxygens (including phenoxy) is 2. The Morgan fingerprint density at radius 2 is 1.79 bits per heavy atom. The van der Waals surface area contributed by atoms with Crippen LogP contribution in [-0.2, 0) is 13.0 Å². The molecule has 4 rings (SSSR count). The van der Waals surface area contributed by atoms with Gasteiger partial charge in [-0.05, 0) is 73.4 Å². The molecule has 3 aromatic carbocycles. The van der Waals surface area contributed by atoms with Crippen molar-refractivity contribution in [1.82, 2.24) is 10.2 Å². The van der Waals surface area contributed by atoms with Crippen LogP contribution in [0.5, 0.6) is 11.5 Å². The third-order valence-electron chi connectivity index (χ3n) is 6.43. The lowest BCUT2D eigenvalue weighted by atomic mass is 9.87. The summed E-state index contributed by atoms with van der Waals surface area (Å²) >= 11 is 6.00. The predicted molar refractivity (Wildman–Crippen MR) is 136 cm³/mol. The van der Waals surface area contributed by atoms with Crippen molar-refractivity contribution in [2.45, 2.75) is 38.9 Å². The highest BCUT2D eigenvalue weighted by molar-refractivity contribution is 6.30. The normalized spacial score (nSPS) is 16.4. The number of amides is 1. The molecule has 0 fully saturated rings. The lowest BCUT2D eigenvalue weighted by Gasteiger charge is -2.41. The van der Waals surface area contributed by atoms with Crippen molar-refractivity contribution in [1.29, 1.82) is 0 Å². The van der Waals surface area contributed by atoms with E-state index in [9.17, 15) is 4.79 Å². The van der Waals surface area contributed by atoms with Crippen LogP contribution in [0.2, 0.25) is 5.02 Å².